The molecule has 0 radical (unpaired) electrons. The fourth-order valence-corrected chi connectivity index (χ4v) is 1.57. The van der Waals surface area contributed by atoms with Crippen LogP contribution in [0, 0.1) is 6.92 Å². The molecule has 0 fully saturated rings. The number of benzene rings is 1. The smallest absolute Gasteiger partial charge is 0.0663 e. The number of aryl methyl sites for hydroxylation is 2. The molecule has 1 nitrogen and oxygen atoms in total. The van der Waals surface area contributed by atoms with E-state index in [0.29, 0.717) is 0 Å². The van der Waals surface area contributed by atoms with Crippen molar-refractivity contribution in [1.29, 1.82) is 0 Å². The Hall–Kier alpha value is -1.11. The Morgan fingerprint density at radius 2 is 1.56 bits per heavy atom. The molecule has 1 aromatic carbocycles. The Bertz CT molecular complexity index is 337. The third-order valence-corrected chi connectivity index (χ3v) is 2.31. The largest absolute Gasteiger partial charge is 0.258 e. The molecule has 16 heavy (non-hydrogen) atoms. The quantitative estimate of drug-likeness (QED) is 0.576. The maximum atomic E-state index is 4.52. The van der Waals surface area contributed by atoms with Crippen molar-refractivity contribution in [2.24, 2.45) is 4.99 Å². The van der Waals surface area contributed by atoms with Gasteiger partial charge in [0, 0.05) is 5.71 Å². The lowest BCUT2D eigenvalue weighted by Crippen LogP contribution is -2.01. The van der Waals surface area contributed by atoms with Crippen molar-refractivity contribution in [2.75, 3.05) is 0 Å². The number of hydrogen-bond donors (Lipinski definition) is 0. The third kappa shape index (κ3) is 4.18. The zero-order valence-electron chi connectivity index (χ0n) is 11.6. The van der Waals surface area contributed by atoms with Crippen molar-refractivity contribution < 1.29 is 0 Å². The van der Waals surface area contributed by atoms with Gasteiger partial charge in [0.25, 0.3) is 0 Å². The summed E-state index contributed by atoms with van der Waals surface area (Å²) in [7, 11) is 0. The van der Waals surface area contributed by atoms with Crippen molar-refractivity contribution in [3.63, 3.8) is 0 Å². The summed E-state index contributed by atoms with van der Waals surface area (Å²) in [5, 5.41) is 0. The van der Waals surface area contributed by atoms with Crippen LogP contribution in [0.2, 0.25) is 0 Å². The number of rotatable bonds is 0. The van der Waals surface area contributed by atoms with Crippen molar-refractivity contribution >= 4 is 11.4 Å². The van der Waals surface area contributed by atoms with Crippen LogP contribution in [0.5, 0.6) is 0 Å². The molecule has 2 rings (SSSR count). The first-order valence-electron chi connectivity index (χ1n) is 6.39. The molecule has 0 aliphatic carbocycles. The minimum Gasteiger partial charge on any atom is -0.258 e. The van der Waals surface area contributed by atoms with Crippen LogP contribution in [-0.4, -0.2) is 5.71 Å². The number of aliphatic imine (C=N–C) groups is 1. The topological polar surface area (TPSA) is 12.4 Å². The summed E-state index contributed by atoms with van der Waals surface area (Å²) < 4.78 is 0. The predicted octanol–water partition coefficient (Wildman–Crippen LogP) is 5.09. The van der Waals surface area contributed by atoms with Gasteiger partial charge in [-0.1, -0.05) is 39.8 Å². The minimum atomic E-state index is 1.12. The van der Waals surface area contributed by atoms with Gasteiger partial charge in [-0.3, -0.25) is 4.99 Å². The summed E-state index contributed by atoms with van der Waals surface area (Å²) in [4.78, 5) is 4.52. The zero-order valence-corrected chi connectivity index (χ0v) is 11.6. The SMILES string of the molecule is CC.CC.CC1=Nc2cc(C)ccc2CC1. The van der Waals surface area contributed by atoms with Gasteiger partial charge in [-0.05, 0) is 43.9 Å². The monoisotopic (exact) mass is 219 g/mol. The van der Waals surface area contributed by atoms with Crippen molar-refractivity contribution in [3.05, 3.63) is 29.3 Å². The number of hydrogen-bond acceptors (Lipinski definition) is 1. The molecule has 0 spiro atoms. The normalized spacial score (nSPS) is 12.2. The molecule has 1 aromatic rings. The standard InChI is InChI=1S/C11H13N.2C2H6/c1-8-3-5-10-6-4-9(2)12-11(10)7-8;2*1-2/h3,5,7H,4,6H2,1-2H3;2*1-2H3. The highest BCUT2D eigenvalue weighted by Gasteiger charge is 2.07. The number of nitrogens with zero attached hydrogens (tertiary/aromatic N) is 1. The molecule has 1 aliphatic heterocycles. The highest BCUT2D eigenvalue weighted by Crippen LogP contribution is 2.26. The van der Waals surface area contributed by atoms with Gasteiger partial charge in [0.1, 0.15) is 0 Å². The van der Waals surface area contributed by atoms with Crippen LogP contribution in [0.15, 0.2) is 23.2 Å². The van der Waals surface area contributed by atoms with Gasteiger partial charge in [0.2, 0.25) is 0 Å². The van der Waals surface area contributed by atoms with Crippen LogP contribution in [-0.2, 0) is 6.42 Å². The lowest BCUT2D eigenvalue weighted by atomic mass is 10.0. The predicted molar refractivity (Wildman–Crippen MR) is 75.0 cm³/mol. The molecule has 0 amide bonds. The van der Waals surface area contributed by atoms with E-state index in [2.05, 4.69) is 37.0 Å². The van der Waals surface area contributed by atoms with Crippen LogP contribution >= 0.6 is 0 Å². The highest BCUT2D eigenvalue weighted by atomic mass is 14.8. The molecule has 0 unspecified atom stereocenters. The van der Waals surface area contributed by atoms with Crippen LogP contribution in [0.3, 0.4) is 0 Å². The summed E-state index contributed by atoms with van der Waals surface area (Å²) in [6.45, 7) is 12.2. The molecule has 90 valence electrons. The van der Waals surface area contributed by atoms with Crippen LogP contribution < -0.4 is 0 Å². The molecular weight excluding hydrogens is 194 g/mol. The van der Waals surface area contributed by atoms with Gasteiger partial charge in [-0.2, -0.15) is 0 Å². The maximum absolute atomic E-state index is 4.52. The molecule has 0 bridgehead atoms. The van der Waals surface area contributed by atoms with Gasteiger partial charge in [-0.25, -0.2) is 0 Å². The summed E-state index contributed by atoms with van der Waals surface area (Å²) in [6.07, 6.45) is 2.28. The Labute approximate surface area is 101 Å². The molecule has 0 saturated carbocycles. The Morgan fingerprint density at radius 1 is 0.938 bits per heavy atom. The molecule has 0 atom stereocenters. The van der Waals surface area contributed by atoms with Gasteiger partial charge in [0.15, 0.2) is 0 Å². The first kappa shape index (κ1) is 14.9. The van der Waals surface area contributed by atoms with E-state index in [1.807, 2.05) is 27.7 Å². The Morgan fingerprint density at radius 3 is 2.19 bits per heavy atom. The number of fused-ring (bicyclic) bond motifs is 1. The van der Waals surface area contributed by atoms with E-state index in [1.165, 1.54) is 22.5 Å². The van der Waals surface area contributed by atoms with E-state index in [-0.39, 0.29) is 0 Å². The summed E-state index contributed by atoms with van der Waals surface area (Å²) in [6, 6.07) is 6.52. The summed E-state index contributed by atoms with van der Waals surface area (Å²) in [5.74, 6) is 0. The fraction of sp³-hybridized carbons (Fsp3) is 0.533. The zero-order chi connectivity index (χ0) is 12.6. The Balaban J connectivity index is 0.000000509. The maximum Gasteiger partial charge on any atom is 0.0663 e. The summed E-state index contributed by atoms with van der Waals surface area (Å²) >= 11 is 0. The van der Waals surface area contributed by atoms with E-state index in [9.17, 15) is 0 Å². The minimum absolute atomic E-state index is 1.12. The molecule has 1 heteroatoms. The highest BCUT2D eigenvalue weighted by molar-refractivity contribution is 5.87. The van der Waals surface area contributed by atoms with Gasteiger partial charge in [0.05, 0.1) is 5.69 Å². The molecule has 1 aliphatic rings. The van der Waals surface area contributed by atoms with E-state index in [1.54, 1.807) is 0 Å². The molecule has 0 aromatic heterocycles. The molecule has 0 saturated heterocycles. The second kappa shape index (κ2) is 8.09. The van der Waals surface area contributed by atoms with Gasteiger partial charge >= 0.3 is 0 Å². The molecular formula is C15H25N. The molecule has 1 heterocycles. The van der Waals surface area contributed by atoms with Crippen molar-refractivity contribution in [3.8, 4) is 0 Å². The summed E-state index contributed by atoms with van der Waals surface area (Å²) in [5.41, 5.74) is 5.13. The van der Waals surface area contributed by atoms with Gasteiger partial charge < -0.3 is 0 Å². The second-order valence-corrected chi connectivity index (χ2v) is 3.48. The van der Waals surface area contributed by atoms with Crippen LogP contribution in [0.4, 0.5) is 5.69 Å². The first-order valence-corrected chi connectivity index (χ1v) is 6.39. The lowest BCUT2D eigenvalue weighted by Gasteiger charge is -2.12. The van der Waals surface area contributed by atoms with Gasteiger partial charge in [-0.15, -0.1) is 0 Å². The second-order valence-electron chi connectivity index (χ2n) is 3.48. The van der Waals surface area contributed by atoms with Crippen molar-refractivity contribution in [2.45, 2.75) is 54.4 Å². The average molecular weight is 219 g/mol. The first-order chi connectivity index (χ1) is 7.75. The third-order valence-electron chi connectivity index (χ3n) is 2.31. The van der Waals surface area contributed by atoms with E-state index < -0.39 is 0 Å². The van der Waals surface area contributed by atoms with Crippen LogP contribution in [0.25, 0.3) is 0 Å². The van der Waals surface area contributed by atoms with Crippen LogP contribution in [0.1, 0.15) is 52.2 Å². The molecule has 0 N–H and O–H groups in total. The van der Waals surface area contributed by atoms with E-state index >= 15 is 0 Å². The van der Waals surface area contributed by atoms with E-state index in [4.69, 9.17) is 0 Å². The fourth-order valence-electron chi connectivity index (χ4n) is 1.57. The lowest BCUT2D eigenvalue weighted by molar-refractivity contribution is 1.000. The van der Waals surface area contributed by atoms with Crippen molar-refractivity contribution in [1.82, 2.24) is 0 Å². The Kier molecular flexibility index (Phi) is 7.53. The van der Waals surface area contributed by atoms with E-state index in [0.717, 1.165) is 12.8 Å². The average Bonchev–Trinajstić information content (AvgIpc) is 2.33.